The highest BCUT2D eigenvalue weighted by atomic mass is 16.2. The lowest BCUT2D eigenvalue weighted by Crippen LogP contribution is -2.44. The first-order valence-electron chi connectivity index (χ1n) is 10.5. The lowest BCUT2D eigenvalue weighted by Gasteiger charge is -2.33. The van der Waals surface area contributed by atoms with Gasteiger partial charge in [-0.3, -0.25) is 9.69 Å². The second-order valence-electron chi connectivity index (χ2n) is 8.42. The molecule has 0 aliphatic carbocycles. The van der Waals surface area contributed by atoms with E-state index in [1.807, 2.05) is 11.0 Å². The molecule has 28 heavy (non-hydrogen) atoms. The number of hydrogen-bond donors (Lipinski definition) is 1. The molecule has 3 rings (SSSR count). The fourth-order valence-corrected chi connectivity index (χ4v) is 4.27. The van der Waals surface area contributed by atoms with Crippen molar-refractivity contribution >= 4 is 11.9 Å². The summed E-state index contributed by atoms with van der Waals surface area (Å²) in [6.45, 7) is 4.54. The summed E-state index contributed by atoms with van der Waals surface area (Å²) in [5.41, 5.74) is 1.33. The third-order valence-corrected chi connectivity index (χ3v) is 5.93. The minimum Gasteiger partial charge on any atom is -0.352 e. The standard InChI is InChI=1S/C22H34N4O2/c1-24(2)22(28)26-14-10-18(11-15-26)8-9-21(27)23-20-12-13-25(17-20)16-19-6-4-3-5-7-19/h3-7,18,20H,8-17H2,1-2H3,(H,23,27)/t20-/m0/s1. The van der Waals surface area contributed by atoms with Crippen LogP contribution in [0, 0.1) is 5.92 Å². The van der Waals surface area contributed by atoms with Gasteiger partial charge in [-0.25, -0.2) is 4.79 Å². The number of hydrogen-bond acceptors (Lipinski definition) is 3. The Hall–Kier alpha value is -2.08. The third-order valence-electron chi connectivity index (χ3n) is 5.93. The number of nitrogens with one attached hydrogen (secondary N) is 1. The predicted molar refractivity (Wildman–Crippen MR) is 111 cm³/mol. The molecule has 6 heteroatoms. The minimum atomic E-state index is 0.0949. The normalized spacial score (nSPS) is 20.9. The molecule has 1 atom stereocenters. The minimum absolute atomic E-state index is 0.0949. The molecule has 3 amide bonds. The van der Waals surface area contributed by atoms with Gasteiger partial charge in [0, 0.05) is 59.3 Å². The van der Waals surface area contributed by atoms with E-state index in [-0.39, 0.29) is 18.0 Å². The van der Waals surface area contributed by atoms with E-state index in [9.17, 15) is 9.59 Å². The zero-order valence-electron chi connectivity index (χ0n) is 17.3. The molecule has 2 saturated heterocycles. The average Bonchev–Trinajstić information content (AvgIpc) is 3.13. The maximum absolute atomic E-state index is 12.4. The molecule has 0 spiro atoms. The van der Waals surface area contributed by atoms with Gasteiger partial charge in [-0.1, -0.05) is 30.3 Å². The Bertz CT molecular complexity index is 641. The van der Waals surface area contributed by atoms with Gasteiger partial charge in [0.25, 0.3) is 0 Å². The number of likely N-dealkylation sites (tertiary alicyclic amines) is 2. The van der Waals surface area contributed by atoms with Crippen LogP contribution in [0.25, 0.3) is 0 Å². The fourth-order valence-electron chi connectivity index (χ4n) is 4.27. The Morgan fingerprint density at radius 1 is 1.07 bits per heavy atom. The molecular weight excluding hydrogens is 352 g/mol. The quantitative estimate of drug-likeness (QED) is 0.817. The average molecular weight is 387 g/mol. The first kappa shape index (κ1) is 20.6. The number of urea groups is 1. The Balaban J connectivity index is 1.32. The van der Waals surface area contributed by atoms with Gasteiger partial charge in [0.05, 0.1) is 0 Å². The van der Waals surface area contributed by atoms with Gasteiger partial charge in [0.1, 0.15) is 0 Å². The van der Waals surface area contributed by atoms with Crippen molar-refractivity contribution in [1.82, 2.24) is 20.0 Å². The predicted octanol–water partition coefficient (Wildman–Crippen LogP) is 2.55. The van der Waals surface area contributed by atoms with E-state index in [4.69, 9.17) is 0 Å². The zero-order chi connectivity index (χ0) is 19.9. The molecule has 6 nitrogen and oxygen atoms in total. The molecule has 0 radical (unpaired) electrons. The summed E-state index contributed by atoms with van der Waals surface area (Å²) in [5.74, 6) is 0.730. The highest BCUT2D eigenvalue weighted by Gasteiger charge is 2.26. The SMILES string of the molecule is CN(C)C(=O)N1CCC(CCC(=O)N[C@H]2CCN(Cc3ccccc3)C2)CC1. The van der Waals surface area contributed by atoms with Crippen LogP contribution in [0.3, 0.4) is 0 Å². The second kappa shape index (κ2) is 9.92. The van der Waals surface area contributed by atoms with Crippen molar-refractivity contribution in [2.45, 2.75) is 44.7 Å². The van der Waals surface area contributed by atoms with E-state index in [2.05, 4.69) is 34.5 Å². The van der Waals surface area contributed by atoms with Crippen molar-refractivity contribution in [2.75, 3.05) is 40.3 Å². The zero-order valence-corrected chi connectivity index (χ0v) is 17.3. The number of carbonyl (C=O) groups is 2. The van der Waals surface area contributed by atoms with Crippen LogP contribution in [-0.4, -0.2) is 73.0 Å². The van der Waals surface area contributed by atoms with Gasteiger partial charge in [-0.05, 0) is 37.2 Å². The van der Waals surface area contributed by atoms with E-state index in [1.54, 1.807) is 19.0 Å². The molecule has 0 aromatic heterocycles. The topological polar surface area (TPSA) is 55.9 Å². The number of benzene rings is 1. The summed E-state index contributed by atoms with van der Waals surface area (Å²) in [6, 6.07) is 10.9. The van der Waals surface area contributed by atoms with Gasteiger partial charge >= 0.3 is 6.03 Å². The van der Waals surface area contributed by atoms with Gasteiger partial charge in [-0.15, -0.1) is 0 Å². The second-order valence-corrected chi connectivity index (χ2v) is 8.42. The molecule has 0 bridgehead atoms. The maximum atomic E-state index is 12.4. The van der Waals surface area contributed by atoms with Crippen molar-refractivity contribution in [3.8, 4) is 0 Å². The lowest BCUT2D eigenvalue weighted by atomic mass is 9.92. The van der Waals surface area contributed by atoms with Crippen molar-refractivity contribution < 1.29 is 9.59 Å². The van der Waals surface area contributed by atoms with Crippen LogP contribution < -0.4 is 5.32 Å². The molecule has 0 saturated carbocycles. The van der Waals surface area contributed by atoms with E-state index in [1.165, 1.54) is 5.56 Å². The Kier molecular flexibility index (Phi) is 7.31. The van der Waals surface area contributed by atoms with Crippen LogP contribution in [0.5, 0.6) is 0 Å². The number of rotatable bonds is 6. The van der Waals surface area contributed by atoms with Crippen molar-refractivity contribution in [2.24, 2.45) is 5.92 Å². The smallest absolute Gasteiger partial charge is 0.319 e. The van der Waals surface area contributed by atoms with Gasteiger partial charge in [-0.2, -0.15) is 0 Å². The highest BCUT2D eigenvalue weighted by Crippen LogP contribution is 2.22. The number of carbonyl (C=O) groups excluding carboxylic acids is 2. The molecule has 1 aromatic carbocycles. The summed E-state index contributed by atoms with van der Waals surface area (Å²) in [6.07, 6.45) is 4.56. The van der Waals surface area contributed by atoms with Crippen LogP contribution in [0.2, 0.25) is 0 Å². The van der Waals surface area contributed by atoms with Crippen molar-refractivity contribution in [3.63, 3.8) is 0 Å². The summed E-state index contributed by atoms with van der Waals surface area (Å²) in [5, 5.41) is 3.22. The maximum Gasteiger partial charge on any atom is 0.319 e. The monoisotopic (exact) mass is 386 g/mol. The van der Waals surface area contributed by atoms with E-state index in [0.717, 1.165) is 58.4 Å². The fraction of sp³-hybridized carbons (Fsp3) is 0.636. The van der Waals surface area contributed by atoms with E-state index < -0.39 is 0 Å². The first-order valence-corrected chi connectivity index (χ1v) is 10.5. The molecule has 2 aliphatic heterocycles. The van der Waals surface area contributed by atoms with Crippen LogP contribution >= 0.6 is 0 Å². The molecule has 1 aromatic rings. The summed E-state index contributed by atoms with van der Waals surface area (Å²) in [7, 11) is 3.59. The third kappa shape index (κ3) is 5.96. The molecule has 1 N–H and O–H groups in total. The first-order chi connectivity index (χ1) is 13.5. The molecule has 2 fully saturated rings. The summed E-state index contributed by atoms with van der Waals surface area (Å²) < 4.78 is 0. The Morgan fingerprint density at radius 2 is 1.79 bits per heavy atom. The highest BCUT2D eigenvalue weighted by molar-refractivity contribution is 5.76. The van der Waals surface area contributed by atoms with Crippen molar-refractivity contribution in [1.29, 1.82) is 0 Å². The largest absolute Gasteiger partial charge is 0.352 e. The van der Waals surface area contributed by atoms with Crippen LogP contribution in [0.4, 0.5) is 4.79 Å². The van der Waals surface area contributed by atoms with Crippen molar-refractivity contribution in [3.05, 3.63) is 35.9 Å². The Labute approximate surface area is 168 Å². The molecule has 2 aliphatic rings. The van der Waals surface area contributed by atoms with E-state index >= 15 is 0 Å². The summed E-state index contributed by atoms with van der Waals surface area (Å²) >= 11 is 0. The number of amides is 3. The van der Waals surface area contributed by atoms with Gasteiger partial charge < -0.3 is 15.1 Å². The van der Waals surface area contributed by atoms with Crippen LogP contribution in [0.1, 0.15) is 37.7 Å². The lowest BCUT2D eigenvalue weighted by molar-refractivity contribution is -0.122. The van der Waals surface area contributed by atoms with Crippen LogP contribution in [0.15, 0.2) is 30.3 Å². The molecular formula is C22H34N4O2. The molecule has 0 unspecified atom stereocenters. The van der Waals surface area contributed by atoms with Gasteiger partial charge in [0.15, 0.2) is 0 Å². The molecule has 2 heterocycles. The number of nitrogens with zero attached hydrogens (tertiary/aromatic N) is 3. The molecule has 154 valence electrons. The number of piperidine rings is 1. The van der Waals surface area contributed by atoms with Crippen LogP contribution in [-0.2, 0) is 11.3 Å². The Morgan fingerprint density at radius 3 is 2.46 bits per heavy atom. The summed E-state index contributed by atoms with van der Waals surface area (Å²) in [4.78, 5) is 30.3. The van der Waals surface area contributed by atoms with E-state index in [0.29, 0.717) is 12.3 Å². The van der Waals surface area contributed by atoms with Gasteiger partial charge in [0.2, 0.25) is 5.91 Å².